The standard InChI is InChI=1S/C10H15N3O2/c1-6-11-5-7(8(14)12-6)9(15)13-10(2,3)4/h5H,1-4H3,(H,13,15)(H,11,12,14). The zero-order chi connectivity index (χ0) is 11.6. The Hall–Kier alpha value is -1.65. The average molecular weight is 209 g/mol. The highest BCUT2D eigenvalue weighted by atomic mass is 16.2. The van der Waals surface area contributed by atoms with E-state index in [1.54, 1.807) is 6.92 Å². The Bertz CT molecular complexity index is 429. The Kier molecular flexibility index (Phi) is 2.93. The third kappa shape index (κ3) is 3.19. The van der Waals surface area contributed by atoms with Crippen molar-refractivity contribution in [3.05, 3.63) is 27.9 Å². The van der Waals surface area contributed by atoms with E-state index in [-0.39, 0.29) is 11.1 Å². The third-order valence-corrected chi connectivity index (χ3v) is 1.66. The van der Waals surface area contributed by atoms with Gasteiger partial charge in [0.05, 0.1) is 0 Å². The Morgan fingerprint density at radius 2 is 2.07 bits per heavy atom. The van der Waals surface area contributed by atoms with Gasteiger partial charge in [-0.2, -0.15) is 0 Å². The summed E-state index contributed by atoms with van der Waals surface area (Å²) in [4.78, 5) is 29.4. The molecule has 0 aliphatic heterocycles. The third-order valence-electron chi connectivity index (χ3n) is 1.66. The van der Waals surface area contributed by atoms with Crippen molar-refractivity contribution in [3.8, 4) is 0 Å². The number of hydrogen-bond acceptors (Lipinski definition) is 3. The number of aromatic nitrogens is 2. The van der Waals surface area contributed by atoms with E-state index in [2.05, 4.69) is 15.3 Å². The molecule has 1 heterocycles. The van der Waals surface area contributed by atoms with Gasteiger partial charge in [0.2, 0.25) is 0 Å². The monoisotopic (exact) mass is 209 g/mol. The maximum Gasteiger partial charge on any atom is 0.263 e. The zero-order valence-electron chi connectivity index (χ0n) is 9.34. The molecule has 0 saturated carbocycles. The van der Waals surface area contributed by atoms with E-state index >= 15 is 0 Å². The number of aromatic amines is 1. The zero-order valence-corrected chi connectivity index (χ0v) is 9.34. The van der Waals surface area contributed by atoms with Crippen LogP contribution in [0.1, 0.15) is 37.0 Å². The molecular weight excluding hydrogens is 194 g/mol. The molecular formula is C10H15N3O2. The van der Waals surface area contributed by atoms with Crippen LogP contribution in [0.5, 0.6) is 0 Å². The number of hydrogen-bond donors (Lipinski definition) is 2. The minimum absolute atomic E-state index is 0.0375. The van der Waals surface area contributed by atoms with Crippen molar-refractivity contribution in [2.75, 3.05) is 0 Å². The van der Waals surface area contributed by atoms with Crippen LogP contribution in [0.25, 0.3) is 0 Å². The Balaban J connectivity index is 2.98. The molecule has 0 unspecified atom stereocenters. The first-order chi connectivity index (χ1) is 6.79. The van der Waals surface area contributed by atoms with E-state index in [1.807, 2.05) is 20.8 Å². The van der Waals surface area contributed by atoms with Crippen LogP contribution in [0.3, 0.4) is 0 Å². The molecule has 0 aliphatic carbocycles. The van der Waals surface area contributed by atoms with E-state index in [9.17, 15) is 9.59 Å². The van der Waals surface area contributed by atoms with Crippen LogP contribution in [0.15, 0.2) is 11.0 Å². The molecule has 15 heavy (non-hydrogen) atoms. The first-order valence-electron chi connectivity index (χ1n) is 4.68. The summed E-state index contributed by atoms with van der Waals surface area (Å²) in [5, 5.41) is 2.70. The molecule has 82 valence electrons. The lowest BCUT2D eigenvalue weighted by atomic mass is 10.1. The minimum atomic E-state index is -0.413. The topological polar surface area (TPSA) is 74.8 Å². The van der Waals surface area contributed by atoms with Crippen LogP contribution in [-0.4, -0.2) is 21.4 Å². The molecule has 0 fully saturated rings. The number of H-pyrrole nitrogens is 1. The average Bonchev–Trinajstić information content (AvgIpc) is 1.99. The van der Waals surface area contributed by atoms with Gasteiger partial charge in [0.1, 0.15) is 11.4 Å². The number of nitrogens with zero attached hydrogens (tertiary/aromatic N) is 1. The van der Waals surface area contributed by atoms with Gasteiger partial charge in [-0.1, -0.05) is 0 Å². The van der Waals surface area contributed by atoms with Gasteiger partial charge in [-0.25, -0.2) is 4.98 Å². The van der Waals surface area contributed by atoms with Gasteiger partial charge in [-0.05, 0) is 27.7 Å². The van der Waals surface area contributed by atoms with Crippen LogP contribution < -0.4 is 10.9 Å². The van der Waals surface area contributed by atoms with Crippen LogP contribution in [0.2, 0.25) is 0 Å². The van der Waals surface area contributed by atoms with Crippen LogP contribution >= 0.6 is 0 Å². The molecule has 1 aromatic heterocycles. The highest BCUT2D eigenvalue weighted by Crippen LogP contribution is 2.00. The summed E-state index contributed by atoms with van der Waals surface area (Å²) < 4.78 is 0. The summed E-state index contributed by atoms with van der Waals surface area (Å²) in [6, 6.07) is 0. The van der Waals surface area contributed by atoms with Crippen molar-refractivity contribution < 1.29 is 4.79 Å². The van der Waals surface area contributed by atoms with Crippen molar-refractivity contribution in [3.63, 3.8) is 0 Å². The van der Waals surface area contributed by atoms with E-state index in [1.165, 1.54) is 6.20 Å². The van der Waals surface area contributed by atoms with Crippen molar-refractivity contribution in [1.29, 1.82) is 0 Å². The number of amides is 1. The Labute approximate surface area is 87.9 Å². The highest BCUT2D eigenvalue weighted by molar-refractivity contribution is 5.93. The molecule has 1 amide bonds. The predicted molar refractivity (Wildman–Crippen MR) is 56.8 cm³/mol. The second kappa shape index (κ2) is 3.84. The summed E-state index contributed by atoms with van der Waals surface area (Å²) in [6.45, 7) is 7.20. The molecule has 5 heteroatoms. The van der Waals surface area contributed by atoms with Gasteiger partial charge in [-0.3, -0.25) is 9.59 Å². The predicted octanol–water partition coefficient (Wildman–Crippen LogP) is 0.607. The van der Waals surface area contributed by atoms with Gasteiger partial charge in [0.25, 0.3) is 11.5 Å². The van der Waals surface area contributed by atoms with E-state index < -0.39 is 11.5 Å². The molecule has 0 aromatic carbocycles. The summed E-state index contributed by atoms with van der Waals surface area (Å²) >= 11 is 0. The first kappa shape index (κ1) is 11.4. The highest BCUT2D eigenvalue weighted by Gasteiger charge is 2.17. The van der Waals surface area contributed by atoms with Gasteiger partial charge in [0.15, 0.2) is 0 Å². The fraction of sp³-hybridized carbons (Fsp3) is 0.500. The maximum absolute atomic E-state index is 11.6. The van der Waals surface area contributed by atoms with E-state index in [0.717, 1.165) is 0 Å². The number of rotatable bonds is 1. The quantitative estimate of drug-likeness (QED) is 0.711. The first-order valence-corrected chi connectivity index (χ1v) is 4.68. The van der Waals surface area contributed by atoms with Gasteiger partial charge < -0.3 is 10.3 Å². The molecule has 0 radical (unpaired) electrons. The fourth-order valence-electron chi connectivity index (χ4n) is 1.05. The number of nitrogens with one attached hydrogen (secondary N) is 2. The number of carbonyl (C=O) groups excluding carboxylic acids is 1. The Morgan fingerprint density at radius 3 is 2.53 bits per heavy atom. The van der Waals surface area contributed by atoms with Crippen molar-refractivity contribution >= 4 is 5.91 Å². The molecule has 1 aromatic rings. The summed E-state index contributed by atoms with van der Waals surface area (Å²) in [5.74, 6) is 0.0866. The molecule has 2 N–H and O–H groups in total. The van der Waals surface area contributed by atoms with E-state index in [0.29, 0.717) is 5.82 Å². The van der Waals surface area contributed by atoms with Gasteiger partial charge in [-0.15, -0.1) is 0 Å². The summed E-state index contributed by atoms with van der Waals surface area (Å²) in [5.41, 5.74) is -0.742. The van der Waals surface area contributed by atoms with Crippen molar-refractivity contribution in [2.45, 2.75) is 33.2 Å². The second-order valence-electron chi connectivity index (χ2n) is 4.42. The van der Waals surface area contributed by atoms with E-state index in [4.69, 9.17) is 0 Å². The molecule has 0 atom stereocenters. The summed E-state index contributed by atoms with van der Waals surface area (Å²) in [6.07, 6.45) is 1.29. The molecule has 0 saturated heterocycles. The summed E-state index contributed by atoms with van der Waals surface area (Å²) in [7, 11) is 0. The molecule has 0 bridgehead atoms. The normalized spacial score (nSPS) is 11.2. The van der Waals surface area contributed by atoms with Crippen molar-refractivity contribution in [2.24, 2.45) is 0 Å². The lowest BCUT2D eigenvalue weighted by Gasteiger charge is -2.19. The van der Waals surface area contributed by atoms with Gasteiger partial charge in [0, 0.05) is 11.7 Å². The molecule has 1 rings (SSSR count). The largest absolute Gasteiger partial charge is 0.347 e. The molecule has 0 aliphatic rings. The lowest BCUT2D eigenvalue weighted by Crippen LogP contribution is -2.42. The van der Waals surface area contributed by atoms with Crippen LogP contribution in [-0.2, 0) is 0 Å². The smallest absolute Gasteiger partial charge is 0.263 e. The van der Waals surface area contributed by atoms with Crippen molar-refractivity contribution in [1.82, 2.24) is 15.3 Å². The maximum atomic E-state index is 11.6. The lowest BCUT2D eigenvalue weighted by molar-refractivity contribution is 0.0917. The van der Waals surface area contributed by atoms with Gasteiger partial charge >= 0.3 is 0 Å². The number of carbonyl (C=O) groups is 1. The van der Waals surface area contributed by atoms with Crippen LogP contribution in [0.4, 0.5) is 0 Å². The fourth-order valence-corrected chi connectivity index (χ4v) is 1.05. The number of aryl methyl sites for hydroxylation is 1. The SMILES string of the molecule is Cc1ncc(C(=O)NC(C)(C)C)c(=O)[nH]1. The molecule has 5 nitrogen and oxygen atoms in total. The van der Waals surface area contributed by atoms with Crippen LogP contribution in [0, 0.1) is 6.92 Å². The Morgan fingerprint density at radius 1 is 1.47 bits per heavy atom. The minimum Gasteiger partial charge on any atom is -0.347 e. The second-order valence-corrected chi connectivity index (χ2v) is 4.42. The molecule has 0 spiro atoms.